The summed E-state index contributed by atoms with van der Waals surface area (Å²) >= 11 is 0. The molecule has 0 aromatic carbocycles. The number of hydrogen-bond donors (Lipinski definition) is 0. The fraction of sp³-hybridized carbons (Fsp3) is 0.786. The van der Waals surface area contributed by atoms with Crippen LogP contribution in [-0.2, 0) is 9.53 Å². The minimum atomic E-state index is -0.179. The molecule has 4 fully saturated rings. The summed E-state index contributed by atoms with van der Waals surface area (Å²) < 4.78 is 5.66. The van der Waals surface area contributed by atoms with Gasteiger partial charge in [-0.25, -0.2) is 4.79 Å². The third kappa shape index (κ3) is 1.50. The molecule has 0 heterocycles. The zero-order valence-electron chi connectivity index (χ0n) is 9.95. The second-order valence-corrected chi connectivity index (χ2v) is 5.84. The molecule has 0 aromatic rings. The fourth-order valence-corrected chi connectivity index (χ4v) is 3.97. The Labute approximate surface area is 97.1 Å². The minimum absolute atomic E-state index is 0.179. The number of rotatable bonds is 2. The van der Waals surface area contributed by atoms with Gasteiger partial charge in [-0.15, -0.1) is 0 Å². The van der Waals surface area contributed by atoms with Crippen LogP contribution in [0.25, 0.3) is 0 Å². The van der Waals surface area contributed by atoms with Gasteiger partial charge >= 0.3 is 5.97 Å². The first-order valence-corrected chi connectivity index (χ1v) is 6.55. The van der Waals surface area contributed by atoms with Crippen molar-refractivity contribution < 1.29 is 9.53 Å². The maximum absolute atomic E-state index is 11.6. The lowest BCUT2D eigenvalue weighted by Crippen LogP contribution is -2.28. The van der Waals surface area contributed by atoms with E-state index in [1.807, 2.05) is 0 Å². The van der Waals surface area contributed by atoms with E-state index in [9.17, 15) is 4.79 Å². The molecule has 5 atom stereocenters. The van der Waals surface area contributed by atoms with Gasteiger partial charge < -0.3 is 4.74 Å². The SMILES string of the molecule is C=C(C)C(=O)OC1C2CCCCC3C(C2)C31. The molecule has 4 aliphatic carbocycles. The van der Waals surface area contributed by atoms with Crippen LogP contribution in [0.2, 0.25) is 0 Å². The van der Waals surface area contributed by atoms with Gasteiger partial charge in [-0.2, -0.15) is 0 Å². The van der Waals surface area contributed by atoms with Crippen molar-refractivity contribution in [2.75, 3.05) is 0 Å². The van der Waals surface area contributed by atoms with E-state index < -0.39 is 0 Å². The van der Waals surface area contributed by atoms with E-state index in [1.165, 1.54) is 32.1 Å². The standard InChI is InChI=1S/C14H20O2/c1-8(2)14(15)16-13-9-5-3-4-6-10-11(7-9)12(10)13/h9-13H,1,3-7H2,2H3. The summed E-state index contributed by atoms with van der Waals surface area (Å²) in [5.41, 5.74) is 0.538. The molecule has 2 nitrogen and oxygen atoms in total. The molecule has 0 aliphatic heterocycles. The Balaban J connectivity index is 1.71. The van der Waals surface area contributed by atoms with E-state index in [1.54, 1.807) is 6.92 Å². The largest absolute Gasteiger partial charge is 0.458 e. The zero-order chi connectivity index (χ0) is 11.3. The van der Waals surface area contributed by atoms with Gasteiger partial charge in [-0.3, -0.25) is 0 Å². The molecular formula is C14H20O2. The minimum Gasteiger partial charge on any atom is -0.458 e. The van der Waals surface area contributed by atoms with Crippen LogP contribution in [-0.4, -0.2) is 12.1 Å². The molecule has 5 unspecified atom stereocenters. The first-order valence-electron chi connectivity index (χ1n) is 6.55. The molecular weight excluding hydrogens is 200 g/mol. The van der Waals surface area contributed by atoms with Crippen molar-refractivity contribution in [3.63, 3.8) is 0 Å². The Morgan fingerprint density at radius 1 is 1.25 bits per heavy atom. The quantitative estimate of drug-likeness (QED) is 0.528. The number of esters is 1. The highest BCUT2D eigenvalue weighted by atomic mass is 16.5. The maximum Gasteiger partial charge on any atom is 0.333 e. The van der Waals surface area contributed by atoms with Crippen LogP contribution in [0.1, 0.15) is 39.0 Å². The summed E-state index contributed by atoms with van der Waals surface area (Å²) in [6.07, 6.45) is 6.86. The topological polar surface area (TPSA) is 26.3 Å². The third-order valence-electron chi connectivity index (χ3n) is 4.77. The predicted octanol–water partition coefficient (Wildman–Crippen LogP) is 2.93. The van der Waals surface area contributed by atoms with E-state index in [4.69, 9.17) is 4.74 Å². The van der Waals surface area contributed by atoms with Gasteiger partial charge in [0.1, 0.15) is 6.10 Å². The molecule has 0 spiro atoms. The molecule has 0 radical (unpaired) electrons. The monoisotopic (exact) mass is 220 g/mol. The Hall–Kier alpha value is -0.790. The van der Waals surface area contributed by atoms with Crippen molar-refractivity contribution in [3.05, 3.63) is 12.2 Å². The number of ether oxygens (including phenoxy) is 1. The third-order valence-corrected chi connectivity index (χ3v) is 4.77. The first-order chi connectivity index (χ1) is 7.68. The fourth-order valence-electron chi connectivity index (χ4n) is 3.97. The van der Waals surface area contributed by atoms with Gasteiger partial charge in [0, 0.05) is 11.5 Å². The highest BCUT2D eigenvalue weighted by Crippen LogP contribution is 2.64. The highest BCUT2D eigenvalue weighted by molar-refractivity contribution is 5.87. The zero-order valence-corrected chi connectivity index (χ0v) is 9.95. The number of fused-ring (bicyclic) bond motifs is 3. The van der Waals surface area contributed by atoms with E-state index in [-0.39, 0.29) is 12.1 Å². The van der Waals surface area contributed by atoms with Gasteiger partial charge in [-0.1, -0.05) is 19.4 Å². The summed E-state index contributed by atoms with van der Waals surface area (Å²) in [6.45, 7) is 5.40. The first kappa shape index (κ1) is 10.4. The number of carbonyl (C=O) groups is 1. The van der Waals surface area contributed by atoms with Gasteiger partial charge in [0.15, 0.2) is 0 Å². The summed E-state index contributed by atoms with van der Waals surface area (Å²) in [5.74, 6) is 2.93. The molecule has 2 heteroatoms. The van der Waals surface area contributed by atoms with Gasteiger partial charge in [0.25, 0.3) is 0 Å². The molecule has 4 saturated carbocycles. The van der Waals surface area contributed by atoms with Crippen LogP contribution in [0.4, 0.5) is 0 Å². The van der Waals surface area contributed by atoms with Crippen molar-refractivity contribution in [2.24, 2.45) is 23.7 Å². The second-order valence-electron chi connectivity index (χ2n) is 5.84. The normalized spacial score (nSPS) is 44.4. The van der Waals surface area contributed by atoms with Crippen LogP contribution in [0, 0.1) is 23.7 Å². The molecule has 16 heavy (non-hydrogen) atoms. The lowest BCUT2D eigenvalue weighted by atomic mass is 9.87. The van der Waals surface area contributed by atoms with Crippen LogP contribution in [0.3, 0.4) is 0 Å². The van der Waals surface area contributed by atoms with Crippen molar-refractivity contribution in [2.45, 2.75) is 45.1 Å². The molecule has 4 aliphatic rings. The molecule has 0 N–H and O–H groups in total. The van der Waals surface area contributed by atoms with Crippen molar-refractivity contribution in [1.29, 1.82) is 0 Å². The summed E-state index contributed by atoms with van der Waals surface area (Å²) in [6, 6.07) is 0. The van der Waals surface area contributed by atoms with Crippen LogP contribution in [0.5, 0.6) is 0 Å². The summed E-state index contributed by atoms with van der Waals surface area (Å²) in [5, 5.41) is 0. The van der Waals surface area contributed by atoms with E-state index in [2.05, 4.69) is 6.58 Å². The lowest BCUT2D eigenvalue weighted by Gasteiger charge is -2.26. The van der Waals surface area contributed by atoms with Crippen LogP contribution < -0.4 is 0 Å². The van der Waals surface area contributed by atoms with E-state index >= 15 is 0 Å². The van der Waals surface area contributed by atoms with E-state index in [0.717, 1.165) is 11.8 Å². The van der Waals surface area contributed by atoms with E-state index in [0.29, 0.717) is 17.4 Å². The molecule has 4 rings (SSSR count). The van der Waals surface area contributed by atoms with Crippen LogP contribution >= 0.6 is 0 Å². The van der Waals surface area contributed by atoms with Crippen molar-refractivity contribution in [3.8, 4) is 0 Å². The average Bonchev–Trinajstić information content (AvgIpc) is 2.68. The molecule has 4 bridgehead atoms. The Morgan fingerprint density at radius 3 is 2.75 bits per heavy atom. The number of carbonyl (C=O) groups excluding carboxylic acids is 1. The summed E-state index contributed by atoms with van der Waals surface area (Å²) in [4.78, 5) is 11.6. The summed E-state index contributed by atoms with van der Waals surface area (Å²) in [7, 11) is 0. The molecule has 0 saturated heterocycles. The molecule has 0 amide bonds. The van der Waals surface area contributed by atoms with Gasteiger partial charge in [0.2, 0.25) is 0 Å². The average molecular weight is 220 g/mol. The second kappa shape index (κ2) is 3.61. The maximum atomic E-state index is 11.6. The van der Waals surface area contributed by atoms with Crippen molar-refractivity contribution >= 4 is 5.97 Å². The molecule has 88 valence electrons. The Bertz CT molecular complexity index is 328. The van der Waals surface area contributed by atoms with Crippen LogP contribution in [0.15, 0.2) is 12.2 Å². The predicted molar refractivity (Wildman–Crippen MR) is 61.7 cm³/mol. The van der Waals surface area contributed by atoms with Gasteiger partial charge in [0.05, 0.1) is 0 Å². The smallest absolute Gasteiger partial charge is 0.333 e. The van der Waals surface area contributed by atoms with Crippen molar-refractivity contribution in [1.82, 2.24) is 0 Å². The van der Waals surface area contributed by atoms with Gasteiger partial charge in [-0.05, 0) is 43.9 Å². The Kier molecular flexibility index (Phi) is 2.34. The number of hydrogen-bond acceptors (Lipinski definition) is 2. The lowest BCUT2D eigenvalue weighted by molar-refractivity contribution is -0.148. The molecule has 0 aromatic heterocycles. The highest BCUT2D eigenvalue weighted by Gasteiger charge is 2.62. The Morgan fingerprint density at radius 2 is 2.00 bits per heavy atom.